The molecular formula is C14H21NO3. The largest absolute Gasteiger partial charge is 0.508 e. The normalized spacial score (nSPS) is 13.6. The summed E-state index contributed by atoms with van der Waals surface area (Å²) in [4.78, 5) is 13.1. The van der Waals surface area contributed by atoms with Crippen molar-refractivity contribution in [2.24, 2.45) is 0 Å². The van der Waals surface area contributed by atoms with Crippen molar-refractivity contribution in [1.82, 2.24) is 4.90 Å². The lowest BCUT2D eigenvalue weighted by molar-refractivity contribution is -0.150. The summed E-state index contributed by atoms with van der Waals surface area (Å²) in [5, 5.41) is 19.2. The minimum absolute atomic E-state index is 0.128. The molecule has 0 heterocycles. The average Bonchev–Trinajstić information content (AvgIpc) is 2.32. The Morgan fingerprint density at radius 3 is 2.39 bits per heavy atom. The fraction of sp³-hybridized carbons (Fsp3) is 0.500. The van der Waals surface area contributed by atoms with Gasteiger partial charge in [0.25, 0.3) is 0 Å². The zero-order valence-corrected chi connectivity index (χ0v) is 11.3. The zero-order valence-electron chi connectivity index (χ0n) is 11.3. The number of nitrogens with zero attached hydrogens (tertiary/aromatic N) is 1. The summed E-state index contributed by atoms with van der Waals surface area (Å²) in [6.07, 6.45) is 0.727. The average molecular weight is 251 g/mol. The Kier molecular flexibility index (Phi) is 4.35. The molecule has 2 N–H and O–H groups in total. The molecule has 4 heteroatoms. The van der Waals surface area contributed by atoms with Gasteiger partial charge in [0.1, 0.15) is 11.3 Å². The Labute approximate surface area is 108 Å². The third kappa shape index (κ3) is 2.64. The Balaban J connectivity index is 3.12. The van der Waals surface area contributed by atoms with E-state index in [0.717, 1.165) is 12.0 Å². The van der Waals surface area contributed by atoms with E-state index in [1.54, 1.807) is 37.9 Å². The lowest BCUT2D eigenvalue weighted by Gasteiger charge is -2.38. The summed E-state index contributed by atoms with van der Waals surface area (Å²) in [5.74, 6) is -0.670. The first-order chi connectivity index (χ1) is 8.32. The SMILES string of the molecule is CCC(c1ccccc1O)N(C)C(C)(C)C(=O)O. The lowest BCUT2D eigenvalue weighted by Crippen LogP contribution is -2.49. The van der Waals surface area contributed by atoms with Crippen LogP contribution in [0.5, 0.6) is 5.75 Å². The van der Waals surface area contributed by atoms with Gasteiger partial charge in [0.2, 0.25) is 0 Å². The van der Waals surface area contributed by atoms with Crippen LogP contribution in [-0.2, 0) is 4.79 Å². The van der Waals surface area contributed by atoms with Crippen molar-refractivity contribution in [3.05, 3.63) is 29.8 Å². The standard InChI is InChI=1S/C14H21NO3/c1-5-11(10-8-6-7-9-12(10)16)15(4)14(2,3)13(17)18/h6-9,11,16H,5H2,1-4H3,(H,17,18). The van der Waals surface area contributed by atoms with E-state index >= 15 is 0 Å². The molecule has 0 aliphatic heterocycles. The van der Waals surface area contributed by atoms with Gasteiger partial charge in [-0.1, -0.05) is 25.1 Å². The van der Waals surface area contributed by atoms with Gasteiger partial charge in [-0.2, -0.15) is 0 Å². The fourth-order valence-electron chi connectivity index (χ4n) is 2.01. The maximum atomic E-state index is 11.3. The van der Waals surface area contributed by atoms with E-state index in [1.165, 1.54) is 0 Å². The van der Waals surface area contributed by atoms with Crippen molar-refractivity contribution in [3.8, 4) is 5.75 Å². The summed E-state index contributed by atoms with van der Waals surface area (Å²) >= 11 is 0. The second-order valence-electron chi connectivity index (χ2n) is 4.96. The molecule has 0 saturated heterocycles. The first-order valence-corrected chi connectivity index (χ1v) is 6.06. The van der Waals surface area contributed by atoms with Gasteiger partial charge in [-0.15, -0.1) is 0 Å². The molecule has 0 spiro atoms. The molecule has 0 aliphatic carbocycles. The zero-order chi connectivity index (χ0) is 13.9. The van der Waals surface area contributed by atoms with Crippen LogP contribution in [0.15, 0.2) is 24.3 Å². The van der Waals surface area contributed by atoms with Gasteiger partial charge in [0, 0.05) is 11.6 Å². The highest BCUT2D eigenvalue weighted by Crippen LogP contribution is 2.34. The minimum Gasteiger partial charge on any atom is -0.508 e. The van der Waals surface area contributed by atoms with Gasteiger partial charge in [-0.3, -0.25) is 9.69 Å². The predicted octanol–water partition coefficient (Wildman–Crippen LogP) is 2.64. The summed E-state index contributed by atoms with van der Waals surface area (Å²) < 4.78 is 0. The second-order valence-corrected chi connectivity index (χ2v) is 4.96. The van der Waals surface area contributed by atoms with Crippen LogP contribution < -0.4 is 0 Å². The Hall–Kier alpha value is -1.55. The third-order valence-corrected chi connectivity index (χ3v) is 3.56. The number of hydrogen-bond donors (Lipinski definition) is 2. The van der Waals surface area contributed by atoms with E-state index in [1.807, 2.05) is 19.1 Å². The van der Waals surface area contributed by atoms with Crippen molar-refractivity contribution in [2.75, 3.05) is 7.05 Å². The number of aliphatic carboxylic acids is 1. The molecule has 1 aromatic rings. The molecule has 0 aliphatic rings. The number of para-hydroxylation sites is 1. The second kappa shape index (κ2) is 5.40. The van der Waals surface area contributed by atoms with Crippen molar-refractivity contribution >= 4 is 5.97 Å². The Morgan fingerprint density at radius 2 is 1.94 bits per heavy atom. The van der Waals surface area contributed by atoms with Crippen LogP contribution in [0, 0.1) is 0 Å². The quantitative estimate of drug-likeness (QED) is 0.844. The first kappa shape index (κ1) is 14.5. The van der Waals surface area contributed by atoms with Gasteiger partial charge in [-0.05, 0) is 33.4 Å². The molecule has 1 atom stereocenters. The molecule has 0 amide bonds. The summed E-state index contributed by atoms with van der Waals surface area (Å²) in [6, 6.07) is 6.93. The van der Waals surface area contributed by atoms with E-state index in [9.17, 15) is 15.0 Å². The summed E-state index contributed by atoms with van der Waals surface area (Å²) in [7, 11) is 1.77. The fourth-order valence-corrected chi connectivity index (χ4v) is 2.01. The first-order valence-electron chi connectivity index (χ1n) is 6.06. The number of benzene rings is 1. The van der Waals surface area contributed by atoms with Crippen LogP contribution in [-0.4, -0.2) is 33.7 Å². The van der Waals surface area contributed by atoms with E-state index in [-0.39, 0.29) is 11.8 Å². The monoisotopic (exact) mass is 251 g/mol. The van der Waals surface area contributed by atoms with Crippen LogP contribution >= 0.6 is 0 Å². The number of phenols is 1. The number of phenolic OH excluding ortho intramolecular Hbond substituents is 1. The number of aromatic hydroxyl groups is 1. The molecule has 0 saturated carbocycles. The van der Waals surface area contributed by atoms with Crippen LogP contribution in [0.4, 0.5) is 0 Å². The molecule has 0 bridgehead atoms. The highest BCUT2D eigenvalue weighted by atomic mass is 16.4. The molecule has 4 nitrogen and oxygen atoms in total. The van der Waals surface area contributed by atoms with Crippen LogP contribution in [0.3, 0.4) is 0 Å². The topological polar surface area (TPSA) is 60.8 Å². The number of rotatable bonds is 5. The number of hydrogen-bond acceptors (Lipinski definition) is 3. The van der Waals surface area contributed by atoms with Crippen molar-refractivity contribution < 1.29 is 15.0 Å². The van der Waals surface area contributed by atoms with Gasteiger partial charge in [0.15, 0.2) is 0 Å². The number of carboxylic acid groups (broad SMARTS) is 1. The van der Waals surface area contributed by atoms with Gasteiger partial charge < -0.3 is 10.2 Å². The van der Waals surface area contributed by atoms with Crippen molar-refractivity contribution in [2.45, 2.75) is 38.8 Å². The Bertz CT molecular complexity index is 429. The Morgan fingerprint density at radius 1 is 1.39 bits per heavy atom. The number of likely N-dealkylation sites (N-methyl/N-ethyl adjacent to an activating group) is 1. The third-order valence-electron chi connectivity index (χ3n) is 3.56. The van der Waals surface area contributed by atoms with Crippen LogP contribution in [0.25, 0.3) is 0 Å². The van der Waals surface area contributed by atoms with Gasteiger partial charge in [0.05, 0.1) is 0 Å². The molecule has 0 fully saturated rings. The summed E-state index contributed by atoms with van der Waals surface area (Å²) in [6.45, 7) is 5.31. The van der Waals surface area contributed by atoms with E-state index < -0.39 is 11.5 Å². The number of carboxylic acids is 1. The van der Waals surface area contributed by atoms with E-state index in [2.05, 4.69) is 0 Å². The van der Waals surface area contributed by atoms with Crippen LogP contribution in [0.2, 0.25) is 0 Å². The van der Waals surface area contributed by atoms with E-state index in [4.69, 9.17) is 0 Å². The highest BCUT2D eigenvalue weighted by molar-refractivity contribution is 5.77. The highest BCUT2D eigenvalue weighted by Gasteiger charge is 2.36. The lowest BCUT2D eigenvalue weighted by atomic mass is 9.95. The van der Waals surface area contributed by atoms with Gasteiger partial charge in [-0.25, -0.2) is 0 Å². The molecule has 1 aromatic carbocycles. The molecule has 0 aromatic heterocycles. The number of carbonyl (C=O) groups is 1. The van der Waals surface area contributed by atoms with Gasteiger partial charge >= 0.3 is 5.97 Å². The molecular weight excluding hydrogens is 230 g/mol. The van der Waals surface area contributed by atoms with E-state index in [0.29, 0.717) is 0 Å². The van der Waals surface area contributed by atoms with Crippen molar-refractivity contribution in [1.29, 1.82) is 0 Å². The molecule has 1 unspecified atom stereocenters. The maximum Gasteiger partial charge on any atom is 0.323 e. The molecule has 1 rings (SSSR count). The smallest absolute Gasteiger partial charge is 0.323 e. The molecule has 0 radical (unpaired) electrons. The summed E-state index contributed by atoms with van der Waals surface area (Å²) in [5.41, 5.74) is -0.222. The molecule has 100 valence electrons. The van der Waals surface area contributed by atoms with Crippen molar-refractivity contribution in [3.63, 3.8) is 0 Å². The predicted molar refractivity (Wildman–Crippen MR) is 70.6 cm³/mol. The maximum absolute atomic E-state index is 11.3. The minimum atomic E-state index is -0.983. The van der Waals surface area contributed by atoms with Crippen LogP contribution in [0.1, 0.15) is 38.8 Å². The molecule has 18 heavy (non-hydrogen) atoms.